The van der Waals surface area contributed by atoms with Gasteiger partial charge in [0.15, 0.2) is 0 Å². The number of hydrogen-bond acceptors (Lipinski definition) is 2. The highest BCUT2D eigenvalue weighted by molar-refractivity contribution is 9.09. The number of nitrogens with zero attached hydrogens (tertiary/aromatic N) is 3. The van der Waals surface area contributed by atoms with Gasteiger partial charge >= 0.3 is 0 Å². The second-order valence-electron chi connectivity index (χ2n) is 2.45. The second-order valence-corrected chi connectivity index (χ2v) is 3.25. The molecule has 0 aliphatic heterocycles. The summed E-state index contributed by atoms with van der Waals surface area (Å²) in [6.07, 6.45) is 7.77. The van der Waals surface area contributed by atoms with Gasteiger partial charge in [-0.05, 0) is 6.42 Å². The third kappa shape index (κ3) is 2.77. The first kappa shape index (κ1) is 9.45. The van der Waals surface area contributed by atoms with Crippen LogP contribution in [0.5, 0.6) is 0 Å². The van der Waals surface area contributed by atoms with Gasteiger partial charge in [0.2, 0.25) is 0 Å². The summed E-state index contributed by atoms with van der Waals surface area (Å²) in [5.74, 6) is 1.00. The van der Waals surface area contributed by atoms with E-state index in [1.165, 1.54) is 0 Å². The molecule has 0 aliphatic rings. The van der Waals surface area contributed by atoms with Crippen LogP contribution in [0.2, 0.25) is 0 Å². The van der Waals surface area contributed by atoms with E-state index >= 15 is 0 Å². The molecule has 0 saturated carbocycles. The number of allylic oxidation sites excluding steroid dienone is 2. The fraction of sp³-hybridized carbons (Fsp3) is 0.500. The van der Waals surface area contributed by atoms with E-state index in [1.807, 2.05) is 7.05 Å². The Balaban J connectivity index is 2.37. The van der Waals surface area contributed by atoms with E-state index in [9.17, 15) is 0 Å². The average molecular weight is 230 g/mol. The van der Waals surface area contributed by atoms with Gasteiger partial charge in [0, 0.05) is 18.8 Å². The van der Waals surface area contributed by atoms with Gasteiger partial charge in [-0.3, -0.25) is 4.68 Å². The van der Waals surface area contributed by atoms with Crippen LogP contribution in [0.4, 0.5) is 0 Å². The van der Waals surface area contributed by atoms with Crippen molar-refractivity contribution in [2.45, 2.75) is 12.8 Å². The molecule has 0 amide bonds. The van der Waals surface area contributed by atoms with Crippen LogP contribution in [-0.2, 0) is 13.5 Å². The predicted octanol–water partition coefficient (Wildman–Crippen LogP) is 1.70. The van der Waals surface area contributed by atoms with Crippen LogP contribution in [0.25, 0.3) is 0 Å². The number of halogens is 1. The second kappa shape index (κ2) is 5.09. The third-order valence-electron chi connectivity index (χ3n) is 1.55. The molecule has 3 nitrogen and oxygen atoms in total. The summed E-state index contributed by atoms with van der Waals surface area (Å²) in [7, 11) is 1.90. The first-order chi connectivity index (χ1) is 5.84. The fourth-order valence-corrected chi connectivity index (χ4v) is 1.14. The van der Waals surface area contributed by atoms with Gasteiger partial charge in [-0.2, -0.15) is 5.10 Å². The lowest BCUT2D eigenvalue weighted by atomic mass is 10.3. The van der Waals surface area contributed by atoms with E-state index < -0.39 is 0 Å². The van der Waals surface area contributed by atoms with Crippen molar-refractivity contribution in [3.63, 3.8) is 0 Å². The molecule has 0 fully saturated rings. The lowest BCUT2D eigenvalue weighted by Crippen LogP contribution is -1.97. The van der Waals surface area contributed by atoms with Crippen LogP contribution >= 0.6 is 15.9 Å². The van der Waals surface area contributed by atoms with Crippen molar-refractivity contribution in [1.29, 1.82) is 0 Å². The quantitative estimate of drug-likeness (QED) is 0.582. The fourth-order valence-electron chi connectivity index (χ4n) is 0.875. The lowest BCUT2D eigenvalue weighted by molar-refractivity contribution is 0.719. The lowest BCUT2D eigenvalue weighted by Gasteiger charge is -1.93. The largest absolute Gasteiger partial charge is 0.253 e. The molecule has 0 bridgehead atoms. The molecule has 0 N–H and O–H groups in total. The van der Waals surface area contributed by atoms with Gasteiger partial charge in [0.25, 0.3) is 0 Å². The summed E-state index contributed by atoms with van der Waals surface area (Å²) in [6, 6.07) is 0. The zero-order chi connectivity index (χ0) is 8.81. The third-order valence-corrected chi connectivity index (χ3v) is 2.01. The molecule has 1 aromatic rings. The molecule has 4 heteroatoms. The number of aromatic nitrogens is 3. The molecule has 0 unspecified atom stereocenters. The Morgan fingerprint density at radius 1 is 1.58 bits per heavy atom. The Morgan fingerprint density at radius 3 is 3.00 bits per heavy atom. The SMILES string of the molecule is Cn1ncnc1CC=CCCBr. The van der Waals surface area contributed by atoms with E-state index in [4.69, 9.17) is 0 Å². The average Bonchev–Trinajstić information content (AvgIpc) is 2.46. The molecule has 0 atom stereocenters. The highest BCUT2D eigenvalue weighted by Crippen LogP contribution is 1.95. The first-order valence-corrected chi connectivity index (χ1v) is 5.00. The van der Waals surface area contributed by atoms with Crippen LogP contribution in [0.1, 0.15) is 12.2 Å². The van der Waals surface area contributed by atoms with Crippen molar-refractivity contribution in [1.82, 2.24) is 14.8 Å². The van der Waals surface area contributed by atoms with Crippen molar-refractivity contribution >= 4 is 15.9 Å². The zero-order valence-corrected chi connectivity index (χ0v) is 8.66. The Labute approximate surface area is 80.6 Å². The Hall–Kier alpha value is -0.640. The molecule has 1 rings (SSSR count). The molecular formula is C8H12BrN3. The van der Waals surface area contributed by atoms with Crippen LogP contribution < -0.4 is 0 Å². The Bertz CT molecular complexity index is 255. The zero-order valence-electron chi connectivity index (χ0n) is 7.07. The van der Waals surface area contributed by atoms with Gasteiger partial charge in [0.1, 0.15) is 12.2 Å². The summed E-state index contributed by atoms with van der Waals surface area (Å²) in [4.78, 5) is 4.10. The first-order valence-electron chi connectivity index (χ1n) is 3.88. The minimum atomic E-state index is 0.865. The van der Waals surface area contributed by atoms with E-state index in [1.54, 1.807) is 11.0 Å². The molecule has 1 aromatic heterocycles. The Morgan fingerprint density at radius 2 is 2.42 bits per heavy atom. The topological polar surface area (TPSA) is 30.7 Å². The predicted molar refractivity (Wildman–Crippen MR) is 52.3 cm³/mol. The van der Waals surface area contributed by atoms with Gasteiger partial charge in [-0.25, -0.2) is 4.98 Å². The normalized spacial score (nSPS) is 11.2. The summed E-state index contributed by atoms with van der Waals surface area (Å²) in [6.45, 7) is 0. The molecule has 0 spiro atoms. The smallest absolute Gasteiger partial charge is 0.138 e. The van der Waals surface area contributed by atoms with Crippen LogP contribution in [0.3, 0.4) is 0 Å². The number of hydrogen-bond donors (Lipinski definition) is 0. The molecule has 0 aliphatic carbocycles. The van der Waals surface area contributed by atoms with Crippen LogP contribution in [-0.4, -0.2) is 20.1 Å². The molecule has 66 valence electrons. The van der Waals surface area contributed by atoms with Gasteiger partial charge in [-0.1, -0.05) is 28.1 Å². The number of aryl methyl sites for hydroxylation is 1. The van der Waals surface area contributed by atoms with Crippen molar-refractivity contribution in [2.24, 2.45) is 7.05 Å². The van der Waals surface area contributed by atoms with Gasteiger partial charge in [-0.15, -0.1) is 0 Å². The molecule has 0 radical (unpaired) electrons. The van der Waals surface area contributed by atoms with Gasteiger partial charge in [0.05, 0.1) is 0 Å². The molecular weight excluding hydrogens is 218 g/mol. The standard InChI is InChI=1S/C8H12BrN3/c1-12-8(10-7-11-12)5-3-2-4-6-9/h2-3,7H,4-6H2,1H3. The summed E-state index contributed by atoms with van der Waals surface area (Å²) in [5.41, 5.74) is 0. The van der Waals surface area contributed by atoms with Crippen molar-refractivity contribution in [3.8, 4) is 0 Å². The maximum absolute atomic E-state index is 4.10. The van der Waals surface area contributed by atoms with Gasteiger partial charge < -0.3 is 0 Å². The summed E-state index contributed by atoms with van der Waals surface area (Å²) in [5, 5.41) is 4.99. The van der Waals surface area contributed by atoms with Crippen LogP contribution in [0.15, 0.2) is 18.5 Å². The van der Waals surface area contributed by atoms with E-state index in [0.717, 1.165) is 24.0 Å². The Kier molecular flexibility index (Phi) is 4.00. The monoisotopic (exact) mass is 229 g/mol. The molecule has 1 heterocycles. The van der Waals surface area contributed by atoms with E-state index in [2.05, 4.69) is 38.2 Å². The number of alkyl halides is 1. The van der Waals surface area contributed by atoms with E-state index in [-0.39, 0.29) is 0 Å². The van der Waals surface area contributed by atoms with Crippen LogP contribution in [0, 0.1) is 0 Å². The maximum atomic E-state index is 4.10. The minimum absolute atomic E-state index is 0.865. The summed E-state index contributed by atoms with van der Waals surface area (Å²) >= 11 is 3.36. The number of rotatable bonds is 4. The minimum Gasteiger partial charge on any atom is -0.253 e. The molecule has 12 heavy (non-hydrogen) atoms. The summed E-state index contributed by atoms with van der Waals surface area (Å²) < 4.78 is 1.79. The highest BCUT2D eigenvalue weighted by atomic mass is 79.9. The van der Waals surface area contributed by atoms with Crippen molar-refractivity contribution in [2.75, 3.05) is 5.33 Å². The van der Waals surface area contributed by atoms with Crippen molar-refractivity contribution < 1.29 is 0 Å². The van der Waals surface area contributed by atoms with E-state index in [0.29, 0.717) is 0 Å². The highest BCUT2D eigenvalue weighted by Gasteiger charge is 1.94. The maximum Gasteiger partial charge on any atom is 0.138 e. The molecule has 0 aromatic carbocycles. The van der Waals surface area contributed by atoms with Crippen molar-refractivity contribution in [3.05, 3.63) is 24.3 Å². The molecule has 0 saturated heterocycles.